The van der Waals surface area contributed by atoms with Crippen molar-refractivity contribution in [3.8, 4) is 0 Å². The van der Waals surface area contributed by atoms with Gasteiger partial charge < -0.3 is 5.32 Å². The molecule has 0 aliphatic carbocycles. The minimum absolute atomic E-state index is 0.123. The van der Waals surface area contributed by atoms with Crippen LogP contribution < -0.4 is 10.5 Å². The topological polar surface area (TPSA) is 132 Å². The van der Waals surface area contributed by atoms with E-state index >= 15 is 0 Å². The monoisotopic (exact) mass is 287 g/mol. The van der Waals surface area contributed by atoms with E-state index < -0.39 is 20.9 Å². The highest BCUT2D eigenvalue weighted by molar-refractivity contribution is 7.89. The van der Waals surface area contributed by atoms with E-state index in [0.717, 1.165) is 6.07 Å². The van der Waals surface area contributed by atoms with Gasteiger partial charge in [0.1, 0.15) is 0 Å². The standard InChI is InChI=1S/C10H13N3O5S/c11-19(17,18)6-2-5-12-10(14)8-3-1-4-9(7-8)13(15)16/h1,3-4,7H,2,5-6H2,(H,12,14)(H2,11,17,18). The molecule has 19 heavy (non-hydrogen) atoms. The number of nitro groups is 1. The van der Waals surface area contributed by atoms with Crippen molar-refractivity contribution >= 4 is 21.6 Å². The Morgan fingerprint density at radius 1 is 1.42 bits per heavy atom. The van der Waals surface area contributed by atoms with E-state index in [1.54, 1.807) is 0 Å². The third-order valence-electron chi connectivity index (χ3n) is 2.21. The number of primary sulfonamides is 1. The van der Waals surface area contributed by atoms with Gasteiger partial charge in [0.25, 0.3) is 11.6 Å². The van der Waals surface area contributed by atoms with Gasteiger partial charge in [-0.15, -0.1) is 0 Å². The van der Waals surface area contributed by atoms with Crippen molar-refractivity contribution in [1.29, 1.82) is 0 Å². The van der Waals surface area contributed by atoms with E-state index in [1.165, 1.54) is 18.2 Å². The average molecular weight is 287 g/mol. The van der Waals surface area contributed by atoms with Gasteiger partial charge in [-0.2, -0.15) is 0 Å². The first-order valence-corrected chi connectivity index (χ1v) is 7.04. The van der Waals surface area contributed by atoms with E-state index in [2.05, 4.69) is 5.32 Å². The van der Waals surface area contributed by atoms with Gasteiger partial charge >= 0.3 is 0 Å². The Hall–Kier alpha value is -2.00. The normalized spacial score (nSPS) is 11.0. The molecule has 9 heteroatoms. The zero-order valence-electron chi connectivity index (χ0n) is 9.90. The molecule has 0 radical (unpaired) electrons. The molecule has 1 rings (SSSR count). The number of hydrogen-bond donors (Lipinski definition) is 2. The number of carbonyl (C=O) groups excluding carboxylic acids is 1. The van der Waals surface area contributed by atoms with Crippen molar-refractivity contribution in [3.63, 3.8) is 0 Å². The van der Waals surface area contributed by atoms with Crippen LogP contribution >= 0.6 is 0 Å². The summed E-state index contributed by atoms with van der Waals surface area (Å²) in [6, 6.07) is 5.26. The lowest BCUT2D eigenvalue weighted by Gasteiger charge is -2.04. The molecule has 0 aliphatic heterocycles. The van der Waals surface area contributed by atoms with Gasteiger partial charge in [0.15, 0.2) is 0 Å². The van der Waals surface area contributed by atoms with Crippen LogP contribution in [0.15, 0.2) is 24.3 Å². The number of sulfonamides is 1. The first-order valence-electron chi connectivity index (χ1n) is 5.33. The number of amides is 1. The zero-order valence-corrected chi connectivity index (χ0v) is 10.7. The Morgan fingerprint density at radius 3 is 2.68 bits per heavy atom. The molecule has 0 aliphatic rings. The number of hydrogen-bond acceptors (Lipinski definition) is 5. The van der Waals surface area contributed by atoms with Crippen molar-refractivity contribution < 1.29 is 18.1 Å². The van der Waals surface area contributed by atoms with Crippen molar-refractivity contribution in [2.24, 2.45) is 5.14 Å². The molecule has 0 saturated heterocycles. The summed E-state index contributed by atoms with van der Waals surface area (Å²) in [6.45, 7) is 0.123. The second kappa shape index (κ2) is 6.25. The maximum Gasteiger partial charge on any atom is 0.270 e. The van der Waals surface area contributed by atoms with Crippen LogP contribution in [0.3, 0.4) is 0 Å². The molecule has 1 amide bonds. The first kappa shape index (κ1) is 15.1. The first-order chi connectivity index (χ1) is 8.79. The number of carbonyl (C=O) groups is 1. The molecular weight excluding hydrogens is 274 g/mol. The molecule has 0 atom stereocenters. The maximum absolute atomic E-state index is 11.6. The highest BCUT2D eigenvalue weighted by atomic mass is 32.2. The van der Waals surface area contributed by atoms with E-state index in [-0.39, 0.29) is 30.0 Å². The summed E-state index contributed by atoms with van der Waals surface area (Å²) >= 11 is 0. The number of nitrogens with one attached hydrogen (secondary N) is 1. The fourth-order valence-electron chi connectivity index (χ4n) is 1.34. The lowest BCUT2D eigenvalue weighted by molar-refractivity contribution is -0.384. The Balaban J connectivity index is 2.54. The Kier molecular flexibility index (Phi) is 4.95. The summed E-state index contributed by atoms with van der Waals surface area (Å²) in [4.78, 5) is 21.6. The molecular formula is C10H13N3O5S. The van der Waals surface area contributed by atoms with Gasteiger partial charge in [0.2, 0.25) is 10.0 Å². The van der Waals surface area contributed by atoms with Crippen LogP contribution in [0.1, 0.15) is 16.8 Å². The van der Waals surface area contributed by atoms with E-state index in [4.69, 9.17) is 5.14 Å². The molecule has 0 bridgehead atoms. The molecule has 1 aromatic rings. The van der Waals surface area contributed by atoms with Crippen LogP contribution in [0.25, 0.3) is 0 Å². The van der Waals surface area contributed by atoms with Crippen molar-refractivity contribution in [3.05, 3.63) is 39.9 Å². The number of nitrogens with two attached hydrogens (primary N) is 1. The highest BCUT2D eigenvalue weighted by Crippen LogP contribution is 2.12. The number of rotatable bonds is 6. The third-order valence-corrected chi connectivity index (χ3v) is 3.07. The van der Waals surface area contributed by atoms with Gasteiger partial charge in [-0.3, -0.25) is 14.9 Å². The van der Waals surface area contributed by atoms with Crippen LogP contribution in [0.4, 0.5) is 5.69 Å². The summed E-state index contributed by atoms with van der Waals surface area (Å²) < 4.78 is 21.3. The van der Waals surface area contributed by atoms with Gasteiger partial charge in [0, 0.05) is 24.2 Å². The lowest BCUT2D eigenvalue weighted by atomic mass is 10.2. The number of benzene rings is 1. The summed E-state index contributed by atoms with van der Waals surface area (Å²) in [5.74, 6) is -0.736. The Labute approximate surface area is 109 Å². The third kappa shape index (κ3) is 5.44. The maximum atomic E-state index is 11.6. The van der Waals surface area contributed by atoms with E-state index in [1.807, 2.05) is 0 Å². The SMILES string of the molecule is NS(=O)(=O)CCCNC(=O)c1cccc([N+](=O)[O-])c1. The number of non-ortho nitro benzene ring substituents is 1. The van der Waals surface area contributed by atoms with Gasteiger partial charge in [-0.25, -0.2) is 13.6 Å². The Bertz CT molecular complexity index is 585. The molecule has 0 heterocycles. The fraction of sp³-hybridized carbons (Fsp3) is 0.300. The van der Waals surface area contributed by atoms with Gasteiger partial charge in [-0.05, 0) is 12.5 Å². The van der Waals surface area contributed by atoms with E-state index in [0.29, 0.717) is 0 Å². The number of nitrogens with zero attached hydrogens (tertiary/aromatic N) is 1. The fourth-order valence-corrected chi connectivity index (χ4v) is 1.88. The average Bonchev–Trinajstić information content (AvgIpc) is 2.33. The number of nitro benzene ring substituents is 1. The van der Waals surface area contributed by atoms with Crippen LogP contribution in [0.5, 0.6) is 0 Å². The second-order valence-electron chi connectivity index (χ2n) is 3.78. The molecule has 3 N–H and O–H groups in total. The van der Waals surface area contributed by atoms with Crippen LogP contribution in [-0.4, -0.2) is 31.5 Å². The smallest absolute Gasteiger partial charge is 0.270 e. The van der Waals surface area contributed by atoms with Crippen molar-refractivity contribution in [1.82, 2.24) is 5.32 Å². The minimum Gasteiger partial charge on any atom is -0.352 e. The molecule has 8 nitrogen and oxygen atoms in total. The quantitative estimate of drug-likeness (QED) is 0.432. The molecule has 104 valence electrons. The van der Waals surface area contributed by atoms with Crippen LogP contribution in [-0.2, 0) is 10.0 Å². The lowest BCUT2D eigenvalue weighted by Crippen LogP contribution is -2.27. The summed E-state index contributed by atoms with van der Waals surface area (Å²) in [5.41, 5.74) is -0.0398. The zero-order chi connectivity index (χ0) is 14.5. The second-order valence-corrected chi connectivity index (χ2v) is 5.52. The molecule has 0 unspecified atom stereocenters. The van der Waals surface area contributed by atoms with Crippen LogP contribution in [0, 0.1) is 10.1 Å². The molecule has 0 spiro atoms. The predicted molar refractivity (Wildman–Crippen MR) is 68.0 cm³/mol. The molecule has 1 aromatic carbocycles. The molecule has 0 saturated carbocycles. The highest BCUT2D eigenvalue weighted by Gasteiger charge is 2.11. The van der Waals surface area contributed by atoms with Gasteiger partial charge in [0.05, 0.1) is 10.7 Å². The minimum atomic E-state index is -3.55. The van der Waals surface area contributed by atoms with Gasteiger partial charge in [-0.1, -0.05) is 6.07 Å². The molecule has 0 aromatic heterocycles. The summed E-state index contributed by atoms with van der Waals surface area (Å²) in [7, 11) is -3.55. The largest absolute Gasteiger partial charge is 0.352 e. The predicted octanol–water partition coefficient (Wildman–Crippen LogP) is 0.00320. The van der Waals surface area contributed by atoms with Crippen molar-refractivity contribution in [2.45, 2.75) is 6.42 Å². The summed E-state index contributed by atoms with van der Waals surface area (Å²) in [5, 5.41) is 17.8. The molecule has 0 fully saturated rings. The Morgan fingerprint density at radius 2 is 2.11 bits per heavy atom. The van der Waals surface area contributed by atoms with Crippen molar-refractivity contribution in [2.75, 3.05) is 12.3 Å². The summed E-state index contributed by atoms with van der Waals surface area (Å²) in [6.07, 6.45) is 0.180. The van der Waals surface area contributed by atoms with E-state index in [9.17, 15) is 23.3 Å². The van der Waals surface area contributed by atoms with Crippen LogP contribution in [0.2, 0.25) is 0 Å².